The quantitative estimate of drug-likeness (QED) is 0.702. The fraction of sp³-hybridized carbons (Fsp3) is 0.136. The van der Waals surface area contributed by atoms with Crippen LogP contribution in [0.4, 0.5) is 10.1 Å². The van der Waals surface area contributed by atoms with E-state index in [2.05, 4.69) is 10.3 Å². The molecule has 0 aliphatic rings. The minimum Gasteiger partial charge on any atom is -0.333 e. The molecule has 1 N–H and O–H groups in total. The van der Waals surface area contributed by atoms with Gasteiger partial charge in [-0.3, -0.25) is 9.59 Å². The van der Waals surface area contributed by atoms with Gasteiger partial charge in [-0.1, -0.05) is 48.5 Å². The molecule has 3 rings (SSSR count). The minimum absolute atomic E-state index is 0.0462. The maximum atomic E-state index is 13.7. The molecule has 1 aromatic heterocycles. The van der Waals surface area contributed by atoms with Crippen LogP contribution in [0.5, 0.6) is 0 Å². The van der Waals surface area contributed by atoms with Gasteiger partial charge in [0.05, 0.1) is 5.69 Å². The molecule has 2 amide bonds. The van der Waals surface area contributed by atoms with E-state index < -0.39 is 11.7 Å². The summed E-state index contributed by atoms with van der Waals surface area (Å²) in [6.07, 6.45) is 0. The molecule has 5 nitrogen and oxygen atoms in total. The number of benzene rings is 2. The molecule has 0 saturated carbocycles. The highest BCUT2D eigenvalue weighted by atomic mass is 19.1. The third kappa shape index (κ3) is 4.59. The average Bonchev–Trinajstić information content (AvgIpc) is 2.74. The van der Waals surface area contributed by atoms with Crippen LogP contribution in [-0.2, 0) is 6.54 Å². The Hall–Kier alpha value is -3.54. The van der Waals surface area contributed by atoms with E-state index in [4.69, 9.17) is 0 Å². The molecule has 6 heteroatoms. The van der Waals surface area contributed by atoms with Gasteiger partial charge in [0.15, 0.2) is 0 Å². The van der Waals surface area contributed by atoms with Crippen molar-refractivity contribution < 1.29 is 14.0 Å². The third-order valence-electron chi connectivity index (χ3n) is 4.21. The number of anilines is 1. The van der Waals surface area contributed by atoms with Crippen LogP contribution in [0.15, 0.2) is 72.8 Å². The number of nitrogens with zero attached hydrogens (tertiary/aromatic N) is 2. The summed E-state index contributed by atoms with van der Waals surface area (Å²) in [5, 5.41) is 2.47. The summed E-state index contributed by atoms with van der Waals surface area (Å²) in [6, 6.07) is 20.2. The number of para-hydroxylation sites is 1. The predicted molar refractivity (Wildman–Crippen MR) is 105 cm³/mol. The molecule has 28 heavy (non-hydrogen) atoms. The van der Waals surface area contributed by atoms with Crippen LogP contribution in [0.2, 0.25) is 0 Å². The maximum Gasteiger partial charge on any atom is 0.274 e. The van der Waals surface area contributed by atoms with E-state index in [-0.39, 0.29) is 23.0 Å². The van der Waals surface area contributed by atoms with E-state index >= 15 is 0 Å². The highest BCUT2D eigenvalue weighted by Gasteiger charge is 2.18. The lowest BCUT2D eigenvalue weighted by Gasteiger charge is -2.20. The van der Waals surface area contributed by atoms with Gasteiger partial charge in [-0.2, -0.15) is 0 Å². The molecule has 142 valence electrons. The average molecular weight is 377 g/mol. The van der Waals surface area contributed by atoms with Crippen LogP contribution in [0.1, 0.15) is 33.5 Å². The molecule has 0 bridgehead atoms. The number of rotatable bonds is 6. The second kappa shape index (κ2) is 8.90. The number of hydrogen-bond donors (Lipinski definition) is 1. The Balaban J connectivity index is 1.77. The number of aromatic nitrogens is 1. The first kappa shape index (κ1) is 19.2. The van der Waals surface area contributed by atoms with Crippen molar-refractivity contribution in [1.82, 2.24) is 9.88 Å². The molecule has 1 heterocycles. The summed E-state index contributed by atoms with van der Waals surface area (Å²) in [4.78, 5) is 31.1. The van der Waals surface area contributed by atoms with Crippen LogP contribution < -0.4 is 5.32 Å². The Labute approximate surface area is 162 Å². The van der Waals surface area contributed by atoms with Crippen molar-refractivity contribution in [3.63, 3.8) is 0 Å². The fourth-order valence-corrected chi connectivity index (χ4v) is 2.72. The highest BCUT2D eigenvalue weighted by Crippen LogP contribution is 2.14. The first-order chi connectivity index (χ1) is 13.6. The standard InChI is InChI=1S/C22H20FN3O2/c1-2-26(15-16-9-4-3-5-10-16)22(28)20-14-8-13-19(24-20)21(27)25-18-12-7-6-11-17(18)23/h3-14H,2,15H2,1H3,(H,25,27). The van der Waals surface area contributed by atoms with Crippen molar-refractivity contribution in [1.29, 1.82) is 0 Å². The van der Waals surface area contributed by atoms with Crippen LogP contribution in [0, 0.1) is 5.82 Å². The summed E-state index contributed by atoms with van der Waals surface area (Å²) in [6.45, 7) is 2.83. The molecule has 0 saturated heterocycles. The molecule has 0 radical (unpaired) electrons. The summed E-state index contributed by atoms with van der Waals surface area (Å²) in [5.74, 6) is -1.39. The zero-order valence-electron chi connectivity index (χ0n) is 15.4. The van der Waals surface area contributed by atoms with E-state index in [1.807, 2.05) is 37.3 Å². The minimum atomic E-state index is -0.578. The van der Waals surface area contributed by atoms with E-state index in [1.165, 1.54) is 24.3 Å². The molecule has 2 aromatic carbocycles. The lowest BCUT2D eigenvalue weighted by molar-refractivity contribution is 0.0746. The monoisotopic (exact) mass is 377 g/mol. The van der Waals surface area contributed by atoms with Crippen molar-refractivity contribution in [3.05, 3.63) is 95.6 Å². The largest absolute Gasteiger partial charge is 0.333 e. The van der Waals surface area contributed by atoms with Crippen molar-refractivity contribution in [2.45, 2.75) is 13.5 Å². The number of carbonyl (C=O) groups is 2. The van der Waals surface area contributed by atoms with E-state index in [1.54, 1.807) is 23.1 Å². The van der Waals surface area contributed by atoms with Crippen molar-refractivity contribution in [2.24, 2.45) is 0 Å². The normalized spacial score (nSPS) is 10.4. The second-order valence-electron chi connectivity index (χ2n) is 6.15. The number of nitrogens with one attached hydrogen (secondary N) is 1. The van der Waals surface area contributed by atoms with E-state index in [9.17, 15) is 14.0 Å². The molecule has 0 aliphatic heterocycles. The molecule has 0 spiro atoms. The van der Waals surface area contributed by atoms with Gasteiger partial charge >= 0.3 is 0 Å². The highest BCUT2D eigenvalue weighted by molar-refractivity contribution is 6.03. The zero-order chi connectivity index (χ0) is 19.9. The SMILES string of the molecule is CCN(Cc1ccccc1)C(=O)c1cccc(C(=O)Nc2ccccc2F)n1. The first-order valence-electron chi connectivity index (χ1n) is 8.94. The maximum absolute atomic E-state index is 13.7. The Kier molecular flexibility index (Phi) is 6.11. The van der Waals surface area contributed by atoms with Crippen molar-refractivity contribution >= 4 is 17.5 Å². The summed E-state index contributed by atoms with van der Waals surface area (Å²) in [5.41, 5.74) is 1.28. The van der Waals surface area contributed by atoms with Gasteiger partial charge in [-0.05, 0) is 36.8 Å². The molecular formula is C22H20FN3O2. The summed E-state index contributed by atoms with van der Waals surface area (Å²) in [7, 11) is 0. The number of hydrogen-bond acceptors (Lipinski definition) is 3. The fourth-order valence-electron chi connectivity index (χ4n) is 2.72. The summed E-state index contributed by atoms with van der Waals surface area (Å²) >= 11 is 0. The summed E-state index contributed by atoms with van der Waals surface area (Å²) < 4.78 is 13.7. The number of amides is 2. The van der Waals surface area contributed by atoms with Crippen LogP contribution in [-0.4, -0.2) is 28.2 Å². The van der Waals surface area contributed by atoms with Gasteiger partial charge in [-0.25, -0.2) is 9.37 Å². The smallest absolute Gasteiger partial charge is 0.274 e. The van der Waals surface area contributed by atoms with Gasteiger partial charge in [-0.15, -0.1) is 0 Å². The van der Waals surface area contributed by atoms with Crippen molar-refractivity contribution in [3.8, 4) is 0 Å². The molecular weight excluding hydrogens is 357 g/mol. The van der Waals surface area contributed by atoms with Crippen LogP contribution >= 0.6 is 0 Å². The molecule has 0 aliphatic carbocycles. The molecule has 0 atom stereocenters. The van der Waals surface area contributed by atoms with Crippen LogP contribution in [0.25, 0.3) is 0 Å². The van der Waals surface area contributed by atoms with Gasteiger partial charge in [0.2, 0.25) is 0 Å². The van der Waals surface area contributed by atoms with Gasteiger partial charge in [0, 0.05) is 13.1 Å². The molecule has 0 unspecified atom stereocenters. The van der Waals surface area contributed by atoms with E-state index in [0.717, 1.165) is 5.56 Å². The molecule has 3 aromatic rings. The Morgan fingerprint density at radius 2 is 1.61 bits per heavy atom. The Morgan fingerprint density at radius 1 is 0.929 bits per heavy atom. The first-order valence-corrected chi connectivity index (χ1v) is 8.94. The Bertz CT molecular complexity index is 976. The topological polar surface area (TPSA) is 62.3 Å². The van der Waals surface area contributed by atoms with E-state index in [0.29, 0.717) is 13.1 Å². The zero-order valence-corrected chi connectivity index (χ0v) is 15.4. The predicted octanol–water partition coefficient (Wildman–Crippen LogP) is 4.14. The Morgan fingerprint density at radius 3 is 2.32 bits per heavy atom. The lowest BCUT2D eigenvalue weighted by atomic mass is 10.2. The lowest BCUT2D eigenvalue weighted by Crippen LogP contribution is -2.31. The third-order valence-corrected chi connectivity index (χ3v) is 4.21. The van der Waals surface area contributed by atoms with Crippen LogP contribution in [0.3, 0.4) is 0 Å². The van der Waals surface area contributed by atoms with Gasteiger partial charge < -0.3 is 10.2 Å². The number of pyridine rings is 1. The molecule has 0 fully saturated rings. The second-order valence-corrected chi connectivity index (χ2v) is 6.15. The van der Waals surface area contributed by atoms with Gasteiger partial charge in [0.25, 0.3) is 11.8 Å². The number of carbonyl (C=O) groups excluding carboxylic acids is 2. The van der Waals surface area contributed by atoms with Crippen molar-refractivity contribution in [2.75, 3.05) is 11.9 Å². The number of halogens is 1. The van der Waals surface area contributed by atoms with Gasteiger partial charge in [0.1, 0.15) is 17.2 Å².